The molecule has 1 amide bonds. The summed E-state index contributed by atoms with van der Waals surface area (Å²) in [5, 5.41) is 2.88. The number of hydrogen-bond donors (Lipinski definition) is 2. The lowest BCUT2D eigenvalue weighted by Crippen LogP contribution is -2.40. The number of carbonyl (C=O) groups excluding carboxylic acids is 1. The average Bonchev–Trinajstić information content (AvgIpc) is 3.26. The predicted molar refractivity (Wildman–Crippen MR) is 105 cm³/mol. The van der Waals surface area contributed by atoms with Crippen molar-refractivity contribution in [2.75, 3.05) is 39.5 Å². The highest BCUT2D eigenvalue weighted by Gasteiger charge is 2.27. The number of hydrogen-bond acceptors (Lipinski definition) is 6. The number of aromatic amines is 1. The molecule has 1 aromatic heterocycles. The summed E-state index contributed by atoms with van der Waals surface area (Å²) in [4.78, 5) is 28.3. The Balaban J connectivity index is 1.62. The fourth-order valence-electron chi connectivity index (χ4n) is 3.57. The average molecular weight is 421 g/mol. The van der Waals surface area contributed by atoms with E-state index in [1.807, 2.05) is 0 Å². The van der Waals surface area contributed by atoms with Gasteiger partial charge in [-0.05, 0) is 31.0 Å². The van der Waals surface area contributed by atoms with E-state index in [4.69, 9.17) is 9.47 Å². The van der Waals surface area contributed by atoms with Crippen molar-refractivity contribution in [1.29, 1.82) is 0 Å². The second-order valence-corrected chi connectivity index (χ2v) is 9.04. The highest BCUT2D eigenvalue weighted by molar-refractivity contribution is 7.89. The number of nitrogens with one attached hydrogen (secondary N) is 2. The highest BCUT2D eigenvalue weighted by atomic mass is 32.2. The smallest absolute Gasteiger partial charge is 0.256 e. The lowest BCUT2D eigenvalue weighted by Gasteiger charge is -2.26. The van der Waals surface area contributed by atoms with Crippen LogP contribution in [-0.4, -0.2) is 69.2 Å². The molecule has 2 aliphatic rings. The predicted octanol–water partition coefficient (Wildman–Crippen LogP) is 0.458. The number of carbonyl (C=O) groups is 1. The van der Waals surface area contributed by atoms with E-state index in [0.29, 0.717) is 31.9 Å². The monoisotopic (exact) mass is 421 g/mol. The first-order chi connectivity index (χ1) is 14.0. The van der Waals surface area contributed by atoms with Gasteiger partial charge in [0.15, 0.2) is 0 Å². The Morgan fingerprint density at radius 3 is 2.76 bits per heavy atom. The van der Waals surface area contributed by atoms with E-state index in [2.05, 4.69) is 10.3 Å². The lowest BCUT2D eigenvalue weighted by molar-refractivity contribution is 0.0730. The normalized spacial score (nSPS) is 20.8. The number of H-pyrrole nitrogens is 1. The van der Waals surface area contributed by atoms with Gasteiger partial charge in [0.1, 0.15) is 5.56 Å². The molecule has 0 saturated carbocycles. The van der Waals surface area contributed by atoms with E-state index in [9.17, 15) is 18.0 Å². The fourth-order valence-corrected chi connectivity index (χ4v) is 5.00. The number of fused-ring (bicyclic) bond motifs is 1. The van der Waals surface area contributed by atoms with E-state index < -0.39 is 21.4 Å². The van der Waals surface area contributed by atoms with Crippen LogP contribution in [0.25, 0.3) is 10.9 Å². The van der Waals surface area contributed by atoms with Crippen molar-refractivity contribution in [3.63, 3.8) is 0 Å². The van der Waals surface area contributed by atoms with Gasteiger partial charge in [0.25, 0.3) is 5.91 Å². The maximum Gasteiger partial charge on any atom is 0.256 e. The molecule has 0 bridgehead atoms. The summed E-state index contributed by atoms with van der Waals surface area (Å²) in [7, 11) is -3.74. The number of ether oxygens (including phenoxy) is 2. The molecule has 2 saturated heterocycles. The minimum absolute atomic E-state index is 0.0225. The molecule has 2 aromatic rings. The van der Waals surface area contributed by atoms with Gasteiger partial charge >= 0.3 is 0 Å². The molecule has 9 nitrogen and oxygen atoms in total. The molecule has 0 unspecified atom stereocenters. The van der Waals surface area contributed by atoms with Crippen LogP contribution >= 0.6 is 0 Å². The van der Waals surface area contributed by atoms with E-state index in [1.165, 1.54) is 28.7 Å². The second kappa shape index (κ2) is 8.23. The lowest BCUT2D eigenvalue weighted by atomic mass is 10.1. The first-order valence-corrected chi connectivity index (χ1v) is 11.0. The molecule has 1 aromatic carbocycles. The van der Waals surface area contributed by atoms with Crippen LogP contribution in [0.5, 0.6) is 0 Å². The van der Waals surface area contributed by atoms with Gasteiger partial charge in [-0.3, -0.25) is 9.59 Å². The molecule has 4 rings (SSSR count). The van der Waals surface area contributed by atoms with Crippen molar-refractivity contribution >= 4 is 26.8 Å². The third kappa shape index (κ3) is 4.06. The first kappa shape index (κ1) is 20.0. The van der Waals surface area contributed by atoms with Crippen molar-refractivity contribution in [2.24, 2.45) is 0 Å². The minimum atomic E-state index is -3.74. The number of nitrogens with zero attached hydrogens (tertiary/aromatic N) is 1. The van der Waals surface area contributed by atoms with Gasteiger partial charge in [0, 0.05) is 43.3 Å². The topological polar surface area (TPSA) is 118 Å². The summed E-state index contributed by atoms with van der Waals surface area (Å²) in [5.74, 6) is -0.509. The Morgan fingerprint density at radius 1 is 1.24 bits per heavy atom. The van der Waals surface area contributed by atoms with Gasteiger partial charge in [-0.15, -0.1) is 0 Å². The minimum Gasteiger partial charge on any atom is -0.379 e. The van der Waals surface area contributed by atoms with E-state index in [-0.39, 0.29) is 35.0 Å². The Hall–Kier alpha value is -2.27. The van der Waals surface area contributed by atoms with Crippen LogP contribution in [-0.2, 0) is 19.5 Å². The third-order valence-corrected chi connectivity index (χ3v) is 7.11. The van der Waals surface area contributed by atoms with E-state index >= 15 is 0 Å². The number of aromatic nitrogens is 1. The Bertz CT molecular complexity index is 1070. The number of sulfonamides is 1. The second-order valence-electron chi connectivity index (χ2n) is 7.10. The van der Waals surface area contributed by atoms with E-state index in [1.54, 1.807) is 0 Å². The number of rotatable bonds is 5. The van der Waals surface area contributed by atoms with Gasteiger partial charge in [0.2, 0.25) is 15.5 Å². The van der Waals surface area contributed by atoms with Crippen molar-refractivity contribution < 1.29 is 22.7 Å². The molecule has 3 heterocycles. The Kier molecular flexibility index (Phi) is 5.68. The standard InChI is InChI=1S/C19H23N3O6S/c23-18-15-10-14(29(25,26)22-5-8-27-9-6-22)3-4-17(15)20-12-16(18)19(24)21-11-13-2-1-7-28-13/h3-4,10,12-13H,1-2,5-9,11H2,(H,20,23)(H,21,24)/t13-/m0/s1. The summed E-state index contributed by atoms with van der Waals surface area (Å²) >= 11 is 0. The van der Waals surface area contributed by atoms with E-state index in [0.717, 1.165) is 12.8 Å². The van der Waals surface area contributed by atoms with Crippen molar-refractivity contribution in [2.45, 2.75) is 23.8 Å². The van der Waals surface area contributed by atoms with Crippen LogP contribution in [0.15, 0.2) is 34.1 Å². The summed E-state index contributed by atoms with van der Waals surface area (Å²) in [6.45, 7) is 2.22. The molecule has 1 atom stereocenters. The molecule has 0 aliphatic carbocycles. The molecular weight excluding hydrogens is 398 g/mol. The summed E-state index contributed by atoms with van der Waals surface area (Å²) in [6, 6.07) is 4.33. The quantitative estimate of drug-likeness (QED) is 0.724. The SMILES string of the molecule is O=C(NC[C@@H]1CCCO1)c1c[nH]c2ccc(S(=O)(=O)N3CCOCC3)cc2c1=O. The van der Waals surface area contributed by atoms with Crippen LogP contribution in [0, 0.1) is 0 Å². The maximum absolute atomic E-state index is 12.9. The van der Waals surface area contributed by atoms with Crippen molar-refractivity contribution in [1.82, 2.24) is 14.6 Å². The maximum atomic E-state index is 12.9. The van der Waals surface area contributed by atoms with Crippen LogP contribution in [0.1, 0.15) is 23.2 Å². The van der Waals surface area contributed by atoms with Crippen molar-refractivity contribution in [3.05, 3.63) is 40.2 Å². The Labute approximate surface area is 168 Å². The molecule has 10 heteroatoms. The number of pyridine rings is 1. The zero-order valence-electron chi connectivity index (χ0n) is 15.8. The largest absolute Gasteiger partial charge is 0.379 e. The molecule has 2 N–H and O–H groups in total. The number of morpholine rings is 1. The van der Waals surface area contributed by atoms with Crippen LogP contribution in [0.2, 0.25) is 0 Å². The molecule has 0 spiro atoms. The molecule has 29 heavy (non-hydrogen) atoms. The van der Waals surface area contributed by atoms with Gasteiger partial charge in [-0.1, -0.05) is 0 Å². The third-order valence-electron chi connectivity index (χ3n) is 5.22. The fraction of sp³-hybridized carbons (Fsp3) is 0.474. The van der Waals surface area contributed by atoms with Crippen LogP contribution in [0.3, 0.4) is 0 Å². The van der Waals surface area contributed by atoms with Gasteiger partial charge < -0.3 is 19.8 Å². The molecule has 2 fully saturated rings. The zero-order chi connectivity index (χ0) is 20.4. The van der Waals surface area contributed by atoms with Crippen molar-refractivity contribution in [3.8, 4) is 0 Å². The number of benzene rings is 1. The summed E-state index contributed by atoms with van der Waals surface area (Å²) in [5.41, 5.74) is -0.106. The van der Waals surface area contributed by atoms with Crippen LogP contribution in [0.4, 0.5) is 0 Å². The summed E-state index contributed by atoms with van der Waals surface area (Å²) < 4.78 is 37.8. The van der Waals surface area contributed by atoms with Gasteiger partial charge in [0.05, 0.1) is 24.2 Å². The molecular formula is C19H23N3O6S. The number of amides is 1. The van der Waals surface area contributed by atoms with Crippen LogP contribution < -0.4 is 10.7 Å². The molecule has 2 aliphatic heterocycles. The summed E-state index contributed by atoms with van der Waals surface area (Å²) in [6.07, 6.45) is 3.14. The Morgan fingerprint density at radius 2 is 2.03 bits per heavy atom. The molecule has 156 valence electrons. The van der Waals surface area contributed by atoms with Gasteiger partial charge in [-0.25, -0.2) is 8.42 Å². The first-order valence-electron chi connectivity index (χ1n) is 9.60. The molecule has 0 radical (unpaired) electrons. The highest BCUT2D eigenvalue weighted by Crippen LogP contribution is 2.20. The zero-order valence-corrected chi connectivity index (χ0v) is 16.7. The van der Waals surface area contributed by atoms with Gasteiger partial charge in [-0.2, -0.15) is 4.31 Å².